The predicted octanol–water partition coefficient (Wildman–Crippen LogP) is 2.95. The highest BCUT2D eigenvalue weighted by molar-refractivity contribution is 5.86. The monoisotopic (exact) mass is 250 g/mol. The number of fused-ring (bicyclic) bond motifs is 1. The molecular weight excluding hydrogens is 228 g/mol. The summed E-state index contributed by atoms with van der Waals surface area (Å²) < 4.78 is 5.31. The average molecular weight is 250 g/mol. The van der Waals surface area contributed by atoms with Crippen molar-refractivity contribution in [2.45, 2.75) is 59.5 Å². The Kier molecular flexibility index (Phi) is 2.80. The van der Waals surface area contributed by atoms with Crippen molar-refractivity contribution in [2.24, 2.45) is 5.41 Å². The highest BCUT2D eigenvalue weighted by atomic mass is 16.5. The molecule has 0 aliphatic carbocycles. The molecule has 0 bridgehead atoms. The van der Waals surface area contributed by atoms with Gasteiger partial charge in [0, 0.05) is 11.1 Å². The van der Waals surface area contributed by atoms with E-state index in [2.05, 4.69) is 25.9 Å². The third-order valence-electron chi connectivity index (χ3n) is 3.48. The SMILES string of the molecule is CC(C)(C)C1C(=O)N(C(C)(C)C)Cc2oncc21. The summed E-state index contributed by atoms with van der Waals surface area (Å²) >= 11 is 0. The van der Waals surface area contributed by atoms with Gasteiger partial charge in [-0.05, 0) is 26.2 Å². The fourth-order valence-corrected chi connectivity index (χ4v) is 2.54. The second-order valence-corrected chi connectivity index (χ2v) is 7.10. The van der Waals surface area contributed by atoms with E-state index in [1.807, 2.05) is 25.7 Å². The van der Waals surface area contributed by atoms with E-state index in [1.165, 1.54) is 0 Å². The minimum Gasteiger partial charge on any atom is -0.359 e. The van der Waals surface area contributed by atoms with E-state index in [-0.39, 0.29) is 22.8 Å². The van der Waals surface area contributed by atoms with E-state index in [0.29, 0.717) is 6.54 Å². The molecule has 0 fully saturated rings. The first-order valence-corrected chi connectivity index (χ1v) is 6.37. The fourth-order valence-electron chi connectivity index (χ4n) is 2.54. The van der Waals surface area contributed by atoms with Gasteiger partial charge in [-0.1, -0.05) is 25.9 Å². The number of rotatable bonds is 0. The third kappa shape index (κ3) is 2.04. The minimum absolute atomic E-state index is 0.138. The van der Waals surface area contributed by atoms with Crippen molar-refractivity contribution < 1.29 is 9.32 Å². The van der Waals surface area contributed by atoms with Gasteiger partial charge >= 0.3 is 0 Å². The highest BCUT2D eigenvalue weighted by Crippen LogP contribution is 2.43. The van der Waals surface area contributed by atoms with Gasteiger partial charge in [0.25, 0.3) is 0 Å². The first-order valence-electron chi connectivity index (χ1n) is 6.37. The zero-order chi connectivity index (χ0) is 13.7. The number of amides is 1. The zero-order valence-corrected chi connectivity index (χ0v) is 12.1. The second-order valence-electron chi connectivity index (χ2n) is 7.10. The summed E-state index contributed by atoms with van der Waals surface area (Å²) in [7, 11) is 0. The van der Waals surface area contributed by atoms with E-state index in [4.69, 9.17) is 4.52 Å². The van der Waals surface area contributed by atoms with E-state index in [9.17, 15) is 4.79 Å². The Morgan fingerprint density at radius 1 is 1.28 bits per heavy atom. The molecule has 2 rings (SSSR count). The molecule has 0 aromatic carbocycles. The van der Waals surface area contributed by atoms with Crippen LogP contribution in [0.2, 0.25) is 0 Å². The summed E-state index contributed by atoms with van der Waals surface area (Å²) in [6, 6.07) is 0. The molecule has 1 unspecified atom stereocenters. The van der Waals surface area contributed by atoms with E-state index in [0.717, 1.165) is 11.3 Å². The Hall–Kier alpha value is -1.32. The van der Waals surface area contributed by atoms with E-state index < -0.39 is 0 Å². The van der Waals surface area contributed by atoms with Crippen LogP contribution in [0.5, 0.6) is 0 Å². The maximum atomic E-state index is 12.7. The van der Waals surface area contributed by atoms with Crippen LogP contribution in [0.25, 0.3) is 0 Å². The largest absolute Gasteiger partial charge is 0.359 e. The summed E-state index contributed by atoms with van der Waals surface area (Å²) in [5.74, 6) is 0.821. The van der Waals surface area contributed by atoms with Crippen LogP contribution >= 0.6 is 0 Å². The van der Waals surface area contributed by atoms with Crippen molar-refractivity contribution in [3.8, 4) is 0 Å². The summed E-state index contributed by atoms with van der Waals surface area (Å²) in [6.07, 6.45) is 1.70. The number of hydrogen-bond donors (Lipinski definition) is 0. The molecule has 4 heteroatoms. The maximum Gasteiger partial charge on any atom is 0.231 e. The molecule has 0 N–H and O–H groups in total. The Balaban J connectivity index is 2.51. The molecule has 1 amide bonds. The van der Waals surface area contributed by atoms with Crippen molar-refractivity contribution in [2.75, 3.05) is 0 Å². The molecule has 100 valence electrons. The van der Waals surface area contributed by atoms with Gasteiger partial charge in [-0.25, -0.2) is 0 Å². The maximum absolute atomic E-state index is 12.7. The average Bonchev–Trinajstić information content (AvgIpc) is 2.59. The summed E-state index contributed by atoms with van der Waals surface area (Å²) in [5.41, 5.74) is 0.611. The lowest BCUT2D eigenvalue weighted by molar-refractivity contribution is -0.143. The first-order chi connectivity index (χ1) is 8.12. The topological polar surface area (TPSA) is 46.3 Å². The van der Waals surface area contributed by atoms with Crippen molar-refractivity contribution in [1.29, 1.82) is 0 Å². The van der Waals surface area contributed by atoms with Gasteiger partial charge in [-0.3, -0.25) is 4.79 Å². The van der Waals surface area contributed by atoms with Gasteiger partial charge in [0.1, 0.15) is 0 Å². The van der Waals surface area contributed by atoms with Crippen molar-refractivity contribution in [1.82, 2.24) is 10.1 Å². The number of hydrogen-bond acceptors (Lipinski definition) is 3. The molecule has 0 saturated carbocycles. The van der Waals surface area contributed by atoms with Gasteiger partial charge in [0.15, 0.2) is 5.76 Å². The van der Waals surface area contributed by atoms with E-state index in [1.54, 1.807) is 6.20 Å². The van der Waals surface area contributed by atoms with E-state index >= 15 is 0 Å². The second kappa shape index (κ2) is 3.84. The summed E-state index contributed by atoms with van der Waals surface area (Å²) in [5, 5.41) is 3.86. The van der Waals surface area contributed by atoms with Gasteiger partial charge in [0.05, 0.1) is 18.7 Å². The molecule has 18 heavy (non-hydrogen) atoms. The predicted molar refractivity (Wildman–Crippen MR) is 69.0 cm³/mol. The molecule has 2 heterocycles. The number of carbonyl (C=O) groups is 1. The Labute approximate surface area is 108 Å². The van der Waals surface area contributed by atoms with Gasteiger partial charge in [-0.15, -0.1) is 0 Å². The van der Waals surface area contributed by atoms with Gasteiger partial charge in [-0.2, -0.15) is 0 Å². The lowest BCUT2D eigenvalue weighted by Crippen LogP contribution is -2.51. The molecule has 0 spiro atoms. The number of carbonyl (C=O) groups excluding carboxylic acids is 1. The van der Waals surface area contributed by atoms with Crippen LogP contribution in [-0.2, 0) is 11.3 Å². The molecule has 1 aromatic rings. The molecule has 4 nitrogen and oxygen atoms in total. The zero-order valence-electron chi connectivity index (χ0n) is 12.1. The minimum atomic E-state index is -0.203. The van der Waals surface area contributed by atoms with Crippen LogP contribution < -0.4 is 0 Å². The third-order valence-corrected chi connectivity index (χ3v) is 3.48. The van der Waals surface area contributed by atoms with Crippen LogP contribution in [0.15, 0.2) is 10.7 Å². The van der Waals surface area contributed by atoms with Crippen LogP contribution in [0.3, 0.4) is 0 Å². The van der Waals surface area contributed by atoms with Crippen LogP contribution in [0, 0.1) is 5.41 Å². The first kappa shape index (κ1) is 13.1. The van der Waals surface area contributed by atoms with Crippen molar-refractivity contribution in [3.05, 3.63) is 17.5 Å². The quantitative estimate of drug-likeness (QED) is 0.711. The Morgan fingerprint density at radius 2 is 1.89 bits per heavy atom. The van der Waals surface area contributed by atoms with Crippen molar-refractivity contribution in [3.63, 3.8) is 0 Å². The van der Waals surface area contributed by atoms with Crippen LogP contribution in [0.1, 0.15) is 58.8 Å². The van der Waals surface area contributed by atoms with Crippen molar-refractivity contribution >= 4 is 5.91 Å². The summed E-state index contributed by atoms with van der Waals surface area (Å²) in [4.78, 5) is 14.6. The standard InChI is InChI=1S/C14H22N2O2/c1-13(2,3)11-9-7-15-18-10(9)8-16(12(11)17)14(4,5)6/h7,11H,8H2,1-6H3. The Bertz CT molecular complexity index is 463. The van der Waals surface area contributed by atoms with Crippen LogP contribution in [0.4, 0.5) is 0 Å². The molecule has 0 radical (unpaired) electrons. The smallest absolute Gasteiger partial charge is 0.231 e. The lowest BCUT2D eigenvalue weighted by Gasteiger charge is -2.43. The molecule has 1 aromatic heterocycles. The molecule has 1 aliphatic rings. The Morgan fingerprint density at radius 3 is 2.39 bits per heavy atom. The summed E-state index contributed by atoms with van der Waals surface area (Å²) in [6.45, 7) is 12.9. The molecule has 0 saturated heterocycles. The fraction of sp³-hybridized carbons (Fsp3) is 0.714. The lowest BCUT2D eigenvalue weighted by atomic mass is 9.73. The normalized spacial score (nSPS) is 21.1. The van der Waals surface area contributed by atoms with Gasteiger partial charge in [0.2, 0.25) is 5.91 Å². The molecule has 1 aliphatic heterocycles. The molecular formula is C14H22N2O2. The van der Waals surface area contributed by atoms with Crippen LogP contribution in [-0.4, -0.2) is 21.5 Å². The molecule has 1 atom stereocenters. The van der Waals surface area contributed by atoms with Gasteiger partial charge < -0.3 is 9.42 Å². The number of nitrogens with zero attached hydrogens (tertiary/aromatic N) is 2. The number of aromatic nitrogens is 1. The highest BCUT2D eigenvalue weighted by Gasteiger charge is 2.45.